The lowest BCUT2D eigenvalue weighted by Gasteiger charge is -2.04. The summed E-state index contributed by atoms with van der Waals surface area (Å²) < 4.78 is 15.2. The quantitative estimate of drug-likeness (QED) is 0.770. The van der Waals surface area contributed by atoms with Gasteiger partial charge in [-0.15, -0.1) is 0 Å². The minimum Gasteiger partial charge on any atom is -0.236 e. The molecule has 0 saturated carbocycles. The Labute approximate surface area is 106 Å². The second-order valence-corrected chi connectivity index (χ2v) is 4.39. The predicted octanol–water partition coefficient (Wildman–Crippen LogP) is 3.87. The van der Waals surface area contributed by atoms with E-state index < -0.39 is 0 Å². The molecule has 0 aliphatic rings. The van der Waals surface area contributed by atoms with E-state index in [0.29, 0.717) is 21.7 Å². The van der Waals surface area contributed by atoms with Crippen LogP contribution in [0.15, 0.2) is 24.4 Å². The fourth-order valence-corrected chi connectivity index (χ4v) is 1.86. The number of nitrogens with zero attached hydrogens (tertiary/aromatic N) is 2. The number of rotatable bonds is 2. The largest absolute Gasteiger partial charge is 0.236 e. The van der Waals surface area contributed by atoms with E-state index >= 15 is 0 Å². The van der Waals surface area contributed by atoms with Crippen LogP contribution in [-0.4, -0.2) is 9.78 Å². The van der Waals surface area contributed by atoms with Gasteiger partial charge < -0.3 is 0 Å². The Morgan fingerprint density at radius 1 is 1.50 bits per heavy atom. The van der Waals surface area contributed by atoms with E-state index in [1.54, 1.807) is 19.2 Å². The fourth-order valence-electron chi connectivity index (χ4n) is 1.38. The Hall–Kier alpha value is -0.870. The molecule has 5 heteroatoms. The third-order valence-corrected chi connectivity index (χ3v) is 3.27. The van der Waals surface area contributed by atoms with E-state index in [-0.39, 0.29) is 5.82 Å². The topological polar surface area (TPSA) is 17.8 Å². The predicted molar refractivity (Wildman–Crippen MR) is 65.9 cm³/mol. The summed E-state index contributed by atoms with van der Waals surface area (Å²) in [6.45, 7) is 1.78. The third kappa shape index (κ3) is 2.13. The summed E-state index contributed by atoms with van der Waals surface area (Å²) in [5.74, 6) is -0.309. The van der Waals surface area contributed by atoms with Gasteiger partial charge in [0.1, 0.15) is 11.5 Å². The highest BCUT2D eigenvalue weighted by Crippen LogP contribution is 2.20. The number of halogens is 3. The van der Waals surface area contributed by atoms with Crippen LogP contribution in [0.5, 0.6) is 0 Å². The van der Waals surface area contributed by atoms with Crippen molar-refractivity contribution < 1.29 is 4.39 Å². The average Bonchev–Trinajstić information content (AvgIpc) is 2.58. The van der Waals surface area contributed by atoms with Crippen molar-refractivity contribution >= 4 is 27.5 Å². The highest BCUT2D eigenvalue weighted by atomic mass is 79.9. The van der Waals surface area contributed by atoms with Gasteiger partial charge in [0.05, 0.1) is 10.7 Å². The molecule has 2 nitrogen and oxygen atoms in total. The van der Waals surface area contributed by atoms with E-state index in [9.17, 15) is 4.39 Å². The van der Waals surface area contributed by atoms with Gasteiger partial charge in [0.2, 0.25) is 0 Å². The molecule has 0 atom stereocenters. The Balaban J connectivity index is 2.48. The van der Waals surface area contributed by atoms with Gasteiger partial charge in [-0.05, 0) is 24.6 Å². The van der Waals surface area contributed by atoms with Crippen molar-refractivity contribution in [1.82, 2.24) is 9.78 Å². The summed E-state index contributed by atoms with van der Waals surface area (Å²) in [5.41, 5.74) is 1.97. The fraction of sp³-hybridized carbons (Fsp3) is 0.182. The van der Waals surface area contributed by atoms with Gasteiger partial charge in [-0.2, -0.15) is 5.10 Å². The molecule has 0 spiro atoms. The van der Waals surface area contributed by atoms with Gasteiger partial charge in [0, 0.05) is 11.5 Å². The highest BCUT2D eigenvalue weighted by Gasteiger charge is 2.08. The number of hydrogen-bond donors (Lipinski definition) is 0. The second kappa shape index (κ2) is 4.55. The average molecular weight is 304 g/mol. The Kier molecular flexibility index (Phi) is 3.30. The molecule has 0 bridgehead atoms. The third-order valence-electron chi connectivity index (χ3n) is 2.25. The van der Waals surface area contributed by atoms with Crippen LogP contribution in [0.1, 0.15) is 11.3 Å². The molecule has 0 fully saturated rings. The number of aryl methyl sites for hydroxylation is 1. The molecule has 0 N–H and O–H groups in total. The molecule has 2 rings (SSSR count). The second-order valence-electron chi connectivity index (χ2n) is 3.43. The minimum atomic E-state index is -0.309. The molecule has 0 aliphatic heterocycles. The zero-order valence-corrected chi connectivity index (χ0v) is 10.9. The van der Waals surface area contributed by atoms with Crippen molar-refractivity contribution in [3.05, 3.63) is 46.5 Å². The smallest absolute Gasteiger partial charge is 0.149 e. The van der Waals surface area contributed by atoms with Crippen LogP contribution < -0.4 is 0 Å². The van der Waals surface area contributed by atoms with Crippen LogP contribution in [0, 0.1) is 12.7 Å². The van der Waals surface area contributed by atoms with Crippen molar-refractivity contribution in [3.63, 3.8) is 0 Å². The van der Waals surface area contributed by atoms with Crippen LogP contribution in [0.2, 0.25) is 5.02 Å². The molecule has 0 amide bonds. The molecule has 0 unspecified atom stereocenters. The normalized spacial score (nSPS) is 10.8. The minimum absolute atomic E-state index is 0.309. The summed E-state index contributed by atoms with van der Waals surface area (Å²) in [6, 6.07) is 5.02. The lowest BCUT2D eigenvalue weighted by atomic mass is 10.2. The van der Waals surface area contributed by atoms with Crippen LogP contribution in [0.4, 0.5) is 4.39 Å². The summed E-state index contributed by atoms with van der Waals surface area (Å²) in [7, 11) is 0. The summed E-state index contributed by atoms with van der Waals surface area (Å²) >= 11 is 9.15. The molecule has 1 heterocycles. The standard InChI is InChI=1S/C11H9BrClFN2/c1-7-9(13)6-16(15-7)11-3-2-8(5-12)4-10(11)14/h2-4,6H,5H2,1H3. The molecule has 0 aliphatic carbocycles. The maximum atomic E-state index is 13.7. The van der Waals surface area contributed by atoms with Crippen LogP contribution in [-0.2, 0) is 5.33 Å². The molecule has 0 radical (unpaired) electrons. The molecular weight excluding hydrogens is 294 g/mol. The van der Waals surface area contributed by atoms with Gasteiger partial charge in [0.25, 0.3) is 0 Å². The first-order valence-electron chi connectivity index (χ1n) is 4.68. The van der Waals surface area contributed by atoms with Gasteiger partial charge >= 0.3 is 0 Å². The van der Waals surface area contributed by atoms with Gasteiger partial charge in [0.15, 0.2) is 0 Å². The number of benzene rings is 1. The monoisotopic (exact) mass is 302 g/mol. The van der Waals surface area contributed by atoms with E-state index in [1.165, 1.54) is 10.7 Å². The van der Waals surface area contributed by atoms with Gasteiger partial charge in [-0.1, -0.05) is 33.6 Å². The van der Waals surface area contributed by atoms with Crippen molar-refractivity contribution in [2.24, 2.45) is 0 Å². The highest BCUT2D eigenvalue weighted by molar-refractivity contribution is 9.08. The molecule has 84 valence electrons. The molecule has 16 heavy (non-hydrogen) atoms. The first-order valence-corrected chi connectivity index (χ1v) is 6.18. The van der Waals surface area contributed by atoms with E-state index in [0.717, 1.165) is 5.56 Å². The Morgan fingerprint density at radius 3 is 2.75 bits per heavy atom. The maximum Gasteiger partial charge on any atom is 0.149 e. The number of hydrogen-bond acceptors (Lipinski definition) is 1. The molecule has 0 saturated heterocycles. The zero-order valence-electron chi connectivity index (χ0n) is 8.54. The summed E-state index contributed by atoms with van der Waals surface area (Å²) in [6.07, 6.45) is 1.60. The van der Waals surface area contributed by atoms with Crippen molar-refractivity contribution in [2.75, 3.05) is 0 Å². The number of aromatic nitrogens is 2. The van der Waals surface area contributed by atoms with E-state index in [1.807, 2.05) is 6.07 Å². The Bertz CT molecular complexity index is 505. The lowest BCUT2D eigenvalue weighted by Crippen LogP contribution is -1.99. The van der Waals surface area contributed by atoms with Gasteiger partial charge in [-0.3, -0.25) is 0 Å². The first-order chi connectivity index (χ1) is 7.61. The van der Waals surface area contributed by atoms with E-state index in [2.05, 4.69) is 21.0 Å². The summed E-state index contributed by atoms with van der Waals surface area (Å²) in [5, 5.41) is 5.29. The van der Waals surface area contributed by atoms with Crippen LogP contribution in [0.3, 0.4) is 0 Å². The molecule has 1 aromatic carbocycles. The SMILES string of the molecule is Cc1nn(-c2ccc(CBr)cc2F)cc1Cl. The lowest BCUT2D eigenvalue weighted by molar-refractivity contribution is 0.609. The Morgan fingerprint density at radius 2 is 2.25 bits per heavy atom. The van der Waals surface area contributed by atoms with Crippen LogP contribution >= 0.6 is 27.5 Å². The van der Waals surface area contributed by atoms with Crippen LogP contribution in [0.25, 0.3) is 5.69 Å². The van der Waals surface area contributed by atoms with Crippen molar-refractivity contribution in [3.8, 4) is 5.69 Å². The van der Waals surface area contributed by atoms with Gasteiger partial charge in [-0.25, -0.2) is 9.07 Å². The molecular formula is C11H9BrClFN2. The zero-order chi connectivity index (χ0) is 11.7. The summed E-state index contributed by atoms with van der Waals surface area (Å²) in [4.78, 5) is 0. The maximum absolute atomic E-state index is 13.7. The van der Waals surface area contributed by atoms with E-state index in [4.69, 9.17) is 11.6 Å². The molecule has 1 aromatic heterocycles. The first kappa shape index (κ1) is 11.6. The molecule has 2 aromatic rings. The number of alkyl halides is 1. The van der Waals surface area contributed by atoms with Crippen molar-refractivity contribution in [2.45, 2.75) is 12.3 Å². The van der Waals surface area contributed by atoms with Crippen molar-refractivity contribution in [1.29, 1.82) is 0 Å².